The zero-order valence-corrected chi connectivity index (χ0v) is 20.3. The van der Waals surface area contributed by atoms with Gasteiger partial charge in [-0.1, -0.05) is 40.9 Å². The summed E-state index contributed by atoms with van der Waals surface area (Å²) >= 11 is 18.4. The number of nitrogens with two attached hydrogens (primary N) is 1. The van der Waals surface area contributed by atoms with Crippen LogP contribution in [0.1, 0.15) is 0 Å². The van der Waals surface area contributed by atoms with Crippen molar-refractivity contribution in [1.82, 2.24) is 4.31 Å². The average Bonchev–Trinajstić information content (AvgIpc) is 2.72. The van der Waals surface area contributed by atoms with Crippen molar-refractivity contribution in [3.8, 4) is 5.75 Å². The smallest absolute Gasteiger partial charge is 0.324 e. The van der Waals surface area contributed by atoms with Gasteiger partial charge < -0.3 is 20.3 Å². The van der Waals surface area contributed by atoms with Crippen molar-refractivity contribution >= 4 is 62.2 Å². The van der Waals surface area contributed by atoms with Gasteiger partial charge in [0.05, 0.1) is 39.7 Å². The van der Waals surface area contributed by atoms with E-state index in [4.69, 9.17) is 50.0 Å². The predicted octanol–water partition coefficient (Wildman–Crippen LogP) is 3.85. The molecule has 0 atom stereocenters. The van der Waals surface area contributed by atoms with Gasteiger partial charge in [-0.3, -0.25) is 4.90 Å². The second-order valence-corrected chi connectivity index (χ2v) is 9.45. The Hall–Kier alpha value is -1.79. The van der Waals surface area contributed by atoms with Crippen molar-refractivity contribution in [2.75, 3.05) is 45.4 Å². The van der Waals surface area contributed by atoms with Crippen molar-refractivity contribution in [2.45, 2.75) is 4.90 Å². The van der Waals surface area contributed by atoms with Crippen molar-refractivity contribution in [2.24, 2.45) is 5.73 Å². The average molecular weight is 527 g/mol. The monoisotopic (exact) mass is 525 g/mol. The fourth-order valence-corrected chi connectivity index (χ4v) is 5.24. The number of phenols is 1. The fraction of sp³-hybridized carbons (Fsp3) is 0.316. The van der Waals surface area contributed by atoms with Crippen molar-refractivity contribution in [3.05, 3.63) is 45.4 Å². The Balaban J connectivity index is 2.69. The lowest BCUT2D eigenvalue weighted by Crippen LogP contribution is -2.37. The molecule has 0 saturated carbocycles. The normalized spacial score (nSPS) is 11.7. The zero-order valence-electron chi connectivity index (χ0n) is 17.2. The summed E-state index contributed by atoms with van der Waals surface area (Å²) in [5.41, 5.74) is 5.32. The highest BCUT2D eigenvalue weighted by atomic mass is 35.5. The first-order valence-electron chi connectivity index (χ1n) is 9.11. The molecule has 32 heavy (non-hydrogen) atoms. The second kappa shape index (κ2) is 11.4. The number of ether oxygens (including phenoxy) is 2. The number of sulfonamides is 1. The zero-order chi connectivity index (χ0) is 24.1. The number of primary amides is 1. The molecule has 0 aliphatic carbocycles. The third-order valence-corrected chi connectivity index (χ3v) is 7.59. The Morgan fingerprint density at radius 1 is 1.00 bits per heavy atom. The molecule has 0 bridgehead atoms. The van der Waals surface area contributed by atoms with Crippen LogP contribution in [0.5, 0.6) is 5.75 Å². The molecule has 0 radical (unpaired) electrons. The summed E-state index contributed by atoms with van der Waals surface area (Å²) in [6, 6.07) is 5.88. The summed E-state index contributed by atoms with van der Waals surface area (Å²) < 4.78 is 37.8. The molecule has 0 unspecified atom stereocenters. The summed E-state index contributed by atoms with van der Waals surface area (Å²) in [6.45, 7) is 0.128. The number of phenolic OH excluding ortho intramolecular Hbond substituents is 1. The van der Waals surface area contributed by atoms with E-state index in [0.717, 1.165) is 9.21 Å². The van der Waals surface area contributed by atoms with Gasteiger partial charge in [-0.05, 0) is 24.3 Å². The molecule has 0 spiro atoms. The minimum Gasteiger partial charge on any atom is -0.504 e. The highest BCUT2D eigenvalue weighted by Crippen LogP contribution is 2.44. The van der Waals surface area contributed by atoms with Crippen LogP contribution in [0.3, 0.4) is 0 Å². The number of carbonyl (C=O) groups is 1. The van der Waals surface area contributed by atoms with Crippen LogP contribution in [-0.2, 0) is 19.5 Å². The number of amides is 2. The van der Waals surface area contributed by atoms with Gasteiger partial charge in [0.2, 0.25) is 10.0 Å². The van der Waals surface area contributed by atoms with Crippen molar-refractivity contribution in [1.29, 1.82) is 0 Å². The van der Waals surface area contributed by atoms with E-state index >= 15 is 0 Å². The molecule has 0 aromatic heterocycles. The lowest BCUT2D eigenvalue weighted by Gasteiger charge is -2.26. The number of anilines is 2. The van der Waals surface area contributed by atoms with Crippen LogP contribution in [-0.4, -0.2) is 64.4 Å². The molecule has 9 nitrogen and oxygen atoms in total. The summed E-state index contributed by atoms with van der Waals surface area (Å²) in [5, 5.41) is 10.8. The third kappa shape index (κ3) is 5.57. The number of halogens is 3. The van der Waals surface area contributed by atoms with E-state index in [0.29, 0.717) is 0 Å². The maximum absolute atomic E-state index is 13.4. The van der Waals surface area contributed by atoms with Crippen LogP contribution in [0.4, 0.5) is 16.2 Å². The second-order valence-electron chi connectivity index (χ2n) is 6.38. The van der Waals surface area contributed by atoms with E-state index < -0.39 is 26.7 Å². The van der Waals surface area contributed by atoms with Gasteiger partial charge in [0.25, 0.3) is 0 Å². The van der Waals surface area contributed by atoms with E-state index in [-0.39, 0.29) is 52.7 Å². The molecule has 2 amide bonds. The van der Waals surface area contributed by atoms with E-state index in [9.17, 15) is 18.3 Å². The standard InChI is InChI=1S/C19H22Cl3N3O6S/c1-30-10-8-24(9-11-31-2)32(28,29)18-13(21)6-7-15(17(18)26)25(19(23)27)14-5-3-4-12(20)16(14)22/h3-7,26H,8-11H2,1-2H3,(H2,23,27). The summed E-state index contributed by atoms with van der Waals surface area (Å²) in [7, 11) is -1.49. The molecule has 2 aromatic carbocycles. The lowest BCUT2D eigenvalue weighted by atomic mass is 10.2. The highest BCUT2D eigenvalue weighted by molar-refractivity contribution is 7.89. The van der Waals surface area contributed by atoms with E-state index in [1.54, 1.807) is 0 Å². The molecule has 176 valence electrons. The maximum atomic E-state index is 13.4. The number of methoxy groups -OCH3 is 2. The Labute approximate surface area is 201 Å². The van der Waals surface area contributed by atoms with Gasteiger partial charge in [-0.15, -0.1) is 0 Å². The highest BCUT2D eigenvalue weighted by Gasteiger charge is 2.33. The maximum Gasteiger partial charge on any atom is 0.324 e. The molecule has 13 heteroatoms. The Morgan fingerprint density at radius 2 is 1.59 bits per heavy atom. The van der Waals surface area contributed by atoms with Crippen LogP contribution < -0.4 is 10.6 Å². The number of hydrogen-bond donors (Lipinski definition) is 2. The first-order chi connectivity index (χ1) is 15.1. The number of aromatic hydroxyl groups is 1. The van der Waals surface area contributed by atoms with Gasteiger partial charge in [0, 0.05) is 27.3 Å². The van der Waals surface area contributed by atoms with Gasteiger partial charge in [0.1, 0.15) is 4.90 Å². The molecule has 3 N–H and O–H groups in total. The largest absolute Gasteiger partial charge is 0.504 e. The quantitative estimate of drug-likeness (QED) is 0.485. The summed E-state index contributed by atoms with van der Waals surface area (Å²) in [5.74, 6) is -0.785. The Morgan fingerprint density at radius 3 is 2.12 bits per heavy atom. The number of nitrogens with zero attached hydrogens (tertiary/aromatic N) is 2. The molecule has 0 aliphatic heterocycles. The van der Waals surface area contributed by atoms with Crippen LogP contribution >= 0.6 is 34.8 Å². The van der Waals surface area contributed by atoms with E-state index in [2.05, 4.69) is 0 Å². The van der Waals surface area contributed by atoms with Crippen molar-refractivity contribution in [3.63, 3.8) is 0 Å². The van der Waals surface area contributed by atoms with Crippen LogP contribution in [0.15, 0.2) is 35.2 Å². The number of urea groups is 1. The molecule has 2 rings (SSSR count). The van der Waals surface area contributed by atoms with Gasteiger partial charge in [0.15, 0.2) is 5.75 Å². The predicted molar refractivity (Wildman–Crippen MR) is 124 cm³/mol. The van der Waals surface area contributed by atoms with E-state index in [1.807, 2.05) is 0 Å². The SMILES string of the molecule is COCCN(CCOC)S(=O)(=O)c1c(Cl)ccc(N(C(N)=O)c2cccc(Cl)c2Cl)c1O. The number of hydrogen-bond acceptors (Lipinski definition) is 6. The number of carbonyl (C=O) groups excluding carboxylic acids is 1. The minimum absolute atomic E-state index is 0.0199. The van der Waals surface area contributed by atoms with Crippen LogP contribution in [0.2, 0.25) is 15.1 Å². The first kappa shape index (κ1) is 26.5. The van der Waals surface area contributed by atoms with Crippen LogP contribution in [0, 0.1) is 0 Å². The topological polar surface area (TPSA) is 122 Å². The summed E-state index contributed by atoms with van der Waals surface area (Å²) in [6.07, 6.45) is 0. The van der Waals surface area contributed by atoms with Crippen LogP contribution in [0.25, 0.3) is 0 Å². The molecule has 0 aliphatic rings. The van der Waals surface area contributed by atoms with Gasteiger partial charge >= 0.3 is 6.03 Å². The Kier molecular flexibility index (Phi) is 9.40. The molecule has 0 fully saturated rings. The molecule has 0 saturated heterocycles. The molecule has 0 heterocycles. The molecular weight excluding hydrogens is 505 g/mol. The van der Waals surface area contributed by atoms with Gasteiger partial charge in [-0.25, -0.2) is 13.2 Å². The number of rotatable bonds is 10. The summed E-state index contributed by atoms with van der Waals surface area (Å²) in [4.78, 5) is 12.5. The first-order valence-corrected chi connectivity index (χ1v) is 11.7. The Bertz CT molecular complexity index is 1080. The number of benzene rings is 2. The van der Waals surface area contributed by atoms with Gasteiger partial charge in [-0.2, -0.15) is 4.31 Å². The fourth-order valence-electron chi connectivity index (χ4n) is 2.86. The third-order valence-electron chi connectivity index (χ3n) is 4.38. The molecular formula is C19H22Cl3N3O6S. The lowest BCUT2D eigenvalue weighted by molar-refractivity contribution is 0.150. The van der Waals surface area contributed by atoms with E-state index in [1.165, 1.54) is 44.6 Å². The van der Waals surface area contributed by atoms with Crippen molar-refractivity contribution < 1.29 is 27.8 Å². The minimum atomic E-state index is -4.34. The molecule has 2 aromatic rings.